The smallest absolute Gasteiger partial charge is 0.348 e. The van der Waals surface area contributed by atoms with E-state index in [0.717, 1.165) is 41.0 Å². The van der Waals surface area contributed by atoms with E-state index in [1.165, 1.54) is 28.0 Å². The van der Waals surface area contributed by atoms with Gasteiger partial charge in [0.25, 0.3) is 5.91 Å². The molecule has 0 fully saturated rings. The number of amides is 1. The maximum absolute atomic E-state index is 12.5. The Morgan fingerprint density at radius 2 is 1.86 bits per heavy atom. The van der Waals surface area contributed by atoms with Gasteiger partial charge in [-0.2, -0.15) is 0 Å². The van der Waals surface area contributed by atoms with Crippen LogP contribution in [-0.2, 0) is 28.8 Å². The first kappa shape index (κ1) is 19.4. The second kappa shape index (κ2) is 8.21. The number of carbonyl (C=O) groups excluding carboxylic acids is 2. The molecule has 4 rings (SSSR count). The molecule has 0 aliphatic heterocycles. The molecule has 0 atom stereocenters. The number of ether oxygens (including phenoxy) is 1. The highest BCUT2D eigenvalue weighted by Gasteiger charge is 2.22. The number of benzene rings is 2. The van der Waals surface area contributed by atoms with Crippen LogP contribution in [-0.4, -0.2) is 18.5 Å². The maximum atomic E-state index is 12.5. The zero-order chi connectivity index (χ0) is 20.4. The molecule has 1 aromatic heterocycles. The van der Waals surface area contributed by atoms with Gasteiger partial charge in [-0.1, -0.05) is 49.4 Å². The van der Waals surface area contributed by atoms with Crippen molar-refractivity contribution < 1.29 is 14.3 Å². The minimum absolute atomic E-state index is 0.296. The second-order valence-corrected chi connectivity index (χ2v) is 8.26. The number of carbonyl (C=O) groups is 2. The molecule has 0 unspecified atom stereocenters. The number of aryl methyl sites for hydroxylation is 4. The van der Waals surface area contributed by atoms with Crippen molar-refractivity contribution in [3.05, 3.63) is 75.7 Å². The summed E-state index contributed by atoms with van der Waals surface area (Å²) in [6, 6.07) is 16.1. The predicted molar refractivity (Wildman–Crippen MR) is 117 cm³/mol. The van der Waals surface area contributed by atoms with Crippen LogP contribution in [0.1, 0.15) is 38.8 Å². The maximum Gasteiger partial charge on any atom is 0.348 e. The Kier molecular flexibility index (Phi) is 5.49. The third kappa shape index (κ3) is 3.96. The number of hydrogen-bond acceptors (Lipinski definition) is 4. The zero-order valence-electron chi connectivity index (χ0n) is 16.6. The van der Waals surface area contributed by atoms with Gasteiger partial charge in [-0.3, -0.25) is 4.79 Å². The fraction of sp³-hybridized carbons (Fsp3) is 0.250. The minimum Gasteiger partial charge on any atom is -0.451 e. The lowest BCUT2D eigenvalue weighted by Crippen LogP contribution is -2.21. The number of rotatable bonds is 5. The molecule has 0 radical (unpaired) electrons. The summed E-state index contributed by atoms with van der Waals surface area (Å²) < 4.78 is 5.30. The average Bonchev–Trinajstić information content (AvgIpc) is 3.18. The molecule has 148 valence electrons. The molecule has 3 aromatic rings. The summed E-state index contributed by atoms with van der Waals surface area (Å²) in [6.45, 7) is 3.70. The van der Waals surface area contributed by atoms with Gasteiger partial charge in [0.15, 0.2) is 6.61 Å². The molecule has 1 amide bonds. The third-order valence-electron chi connectivity index (χ3n) is 5.27. The van der Waals surface area contributed by atoms with Crippen LogP contribution in [0.25, 0.3) is 10.4 Å². The van der Waals surface area contributed by atoms with Crippen LogP contribution >= 0.6 is 11.3 Å². The summed E-state index contributed by atoms with van der Waals surface area (Å²) in [5.74, 6) is -0.772. The highest BCUT2D eigenvalue weighted by atomic mass is 32.1. The third-order valence-corrected chi connectivity index (χ3v) is 6.47. The van der Waals surface area contributed by atoms with Crippen LogP contribution in [0.4, 0.5) is 5.69 Å². The average molecular weight is 406 g/mol. The summed E-state index contributed by atoms with van der Waals surface area (Å²) in [5, 5.41) is 2.89. The van der Waals surface area contributed by atoms with Crippen LogP contribution in [0.5, 0.6) is 0 Å². The summed E-state index contributed by atoms with van der Waals surface area (Å²) in [7, 11) is 0. The van der Waals surface area contributed by atoms with Gasteiger partial charge in [-0.25, -0.2) is 4.79 Å². The Balaban J connectivity index is 1.43. The first-order valence-electron chi connectivity index (χ1n) is 9.83. The summed E-state index contributed by atoms with van der Waals surface area (Å²) >= 11 is 1.44. The van der Waals surface area contributed by atoms with Crippen molar-refractivity contribution in [3.8, 4) is 10.4 Å². The summed E-state index contributed by atoms with van der Waals surface area (Å²) in [4.78, 5) is 26.6. The highest BCUT2D eigenvalue weighted by Crippen LogP contribution is 2.39. The van der Waals surface area contributed by atoms with Crippen molar-refractivity contribution >= 4 is 28.9 Å². The topological polar surface area (TPSA) is 55.4 Å². The van der Waals surface area contributed by atoms with Crippen LogP contribution in [0.3, 0.4) is 0 Å². The number of fused-ring (bicyclic) bond motifs is 3. The molecule has 0 saturated carbocycles. The van der Waals surface area contributed by atoms with E-state index in [4.69, 9.17) is 4.74 Å². The van der Waals surface area contributed by atoms with Gasteiger partial charge in [-0.15, -0.1) is 11.3 Å². The van der Waals surface area contributed by atoms with E-state index in [9.17, 15) is 9.59 Å². The second-order valence-electron chi connectivity index (χ2n) is 7.21. The molecule has 1 heterocycles. The molecule has 2 aromatic carbocycles. The normalized spacial score (nSPS) is 12.1. The molecule has 0 saturated heterocycles. The Morgan fingerprint density at radius 3 is 2.69 bits per heavy atom. The lowest BCUT2D eigenvalue weighted by Gasteiger charge is -2.15. The minimum atomic E-state index is -0.447. The number of thiophene rings is 1. The van der Waals surface area contributed by atoms with Crippen molar-refractivity contribution in [1.29, 1.82) is 0 Å². The van der Waals surface area contributed by atoms with E-state index in [1.807, 2.05) is 50.2 Å². The van der Waals surface area contributed by atoms with Gasteiger partial charge < -0.3 is 10.1 Å². The van der Waals surface area contributed by atoms with Crippen molar-refractivity contribution in [1.82, 2.24) is 0 Å². The first-order valence-corrected chi connectivity index (χ1v) is 10.6. The molecule has 1 N–H and O–H groups in total. The van der Waals surface area contributed by atoms with E-state index in [-0.39, 0.29) is 12.5 Å². The van der Waals surface area contributed by atoms with E-state index < -0.39 is 5.97 Å². The van der Waals surface area contributed by atoms with Crippen LogP contribution in [0.15, 0.2) is 48.5 Å². The number of nitrogens with one attached hydrogen (secondary N) is 1. The molecule has 1 aliphatic carbocycles. The molecule has 5 heteroatoms. The Morgan fingerprint density at radius 1 is 1.07 bits per heavy atom. The Hall–Kier alpha value is -2.92. The van der Waals surface area contributed by atoms with Gasteiger partial charge in [0.05, 0.1) is 0 Å². The molecule has 1 aliphatic rings. The van der Waals surface area contributed by atoms with Gasteiger partial charge >= 0.3 is 5.97 Å². The summed E-state index contributed by atoms with van der Waals surface area (Å²) in [5.41, 5.74) is 6.55. The van der Waals surface area contributed by atoms with Crippen molar-refractivity contribution in [3.63, 3.8) is 0 Å². The fourth-order valence-electron chi connectivity index (χ4n) is 3.75. The van der Waals surface area contributed by atoms with Gasteiger partial charge in [0.1, 0.15) is 4.88 Å². The number of hydrogen-bond donors (Lipinski definition) is 1. The van der Waals surface area contributed by atoms with Crippen LogP contribution in [0.2, 0.25) is 0 Å². The number of anilines is 1. The van der Waals surface area contributed by atoms with E-state index >= 15 is 0 Å². The zero-order valence-corrected chi connectivity index (χ0v) is 17.4. The van der Waals surface area contributed by atoms with E-state index in [2.05, 4.69) is 17.4 Å². The monoisotopic (exact) mass is 405 g/mol. The van der Waals surface area contributed by atoms with Crippen molar-refractivity contribution in [2.24, 2.45) is 0 Å². The standard InChI is InChI=1S/C24H23NO3S/c1-3-16-9-6-7-15(2)22(16)25-21(26)14-28-24(27)20-13-18-12-11-17-8-4-5-10-19(17)23(18)29-20/h4-10,13H,3,11-12,14H2,1-2H3,(H,25,26). The molecule has 29 heavy (non-hydrogen) atoms. The largest absolute Gasteiger partial charge is 0.451 e. The van der Waals surface area contributed by atoms with Crippen LogP contribution in [0, 0.1) is 6.92 Å². The molecular formula is C24H23NO3S. The van der Waals surface area contributed by atoms with Crippen LogP contribution < -0.4 is 5.32 Å². The lowest BCUT2D eigenvalue weighted by molar-refractivity contribution is -0.119. The van der Waals surface area contributed by atoms with E-state index in [0.29, 0.717) is 4.88 Å². The van der Waals surface area contributed by atoms with E-state index in [1.54, 1.807) is 0 Å². The molecule has 4 nitrogen and oxygen atoms in total. The van der Waals surface area contributed by atoms with Gasteiger partial charge in [0.2, 0.25) is 0 Å². The van der Waals surface area contributed by atoms with Crippen molar-refractivity contribution in [2.45, 2.75) is 33.1 Å². The SMILES string of the molecule is CCc1cccc(C)c1NC(=O)COC(=O)c1cc2c(s1)-c1ccccc1CC2. The van der Waals surface area contributed by atoms with Crippen molar-refractivity contribution in [2.75, 3.05) is 11.9 Å². The number of para-hydroxylation sites is 1. The molecule has 0 bridgehead atoms. The molecule has 0 spiro atoms. The fourth-order valence-corrected chi connectivity index (χ4v) is 4.92. The highest BCUT2D eigenvalue weighted by molar-refractivity contribution is 7.17. The predicted octanol–water partition coefficient (Wildman–Crippen LogP) is 5.18. The lowest BCUT2D eigenvalue weighted by atomic mass is 9.91. The Labute approximate surface area is 174 Å². The first-order chi connectivity index (χ1) is 14.1. The quantitative estimate of drug-likeness (QED) is 0.595. The number of esters is 1. The molecular weight excluding hydrogens is 382 g/mol. The van der Waals surface area contributed by atoms with Gasteiger partial charge in [-0.05, 0) is 60.1 Å². The van der Waals surface area contributed by atoms with Gasteiger partial charge in [0, 0.05) is 10.6 Å². The Bertz CT molecular complexity index is 1080. The summed E-state index contributed by atoms with van der Waals surface area (Å²) in [6.07, 6.45) is 2.72.